The maximum Gasteiger partial charge on any atom is 0.245 e. The van der Waals surface area contributed by atoms with Crippen LogP contribution in [-0.2, 0) is 21.7 Å². The molecule has 2 aliphatic rings. The van der Waals surface area contributed by atoms with Crippen LogP contribution in [0.25, 0.3) is 11.2 Å². The summed E-state index contributed by atoms with van der Waals surface area (Å²) in [5.74, 6) is 0.373. The molecule has 144 valence electrons. The van der Waals surface area contributed by atoms with Gasteiger partial charge in [0.1, 0.15) is 17.9 Å². The molecular weight excluding hydrogens is 356 g/mol. The van der Waals surface area contributed by atoms with Gasteiger partial charge in [-0.05, 0) is 30.9 Å². The van der Waals surface area contributed by atoms with E-state index in [1.165, 1.54) is 17.5 Å². The summed E-state index contributed by atoms with van der Waals surface area (Å²) in [6, 6.07) is 7.98. The number of nitrogen functional groups attached to an aromatic ring is 1. The lowest BCUT2D eigenvalue weighted by molar-refractivity contribution is -0.141. The smallest absolute Gasteiger partial charge is 0.245 e. The summed E-state index contributed by atoms with van der Waals surface area (Å²) in [5, 5.41) is 0. The number of benzene rings is 1. The highest BCUT2D eigenvalue weighted by Gasteiger charge is 2.43. The Bertz CT molecular complexity index is 1050. The molecule has 8 heteroatoms. The van der Waals surface area contributed by atoms with Crippen LogP contribution in [0.15, 0.2) is 36.9 Å². The van der Waals surface area contributed by atoms with Gasteiger partial charge in [0.15, 0.2) is 11.5 Å². The summed E-state index contributed by atoms with van der Waals surface area (Å²) < 4.78 is 7.96. The number of amides is 1. The number of imidazole rings is 1. The minimum Gasteiger partial charge on any atom is -0.382 e. The molecule has 2 aliphatic heterocycles. The first-order valence-corrected chi connectivity index (χ1v) is 9.53. The molecule has 5 rings (SSSR count). The molecule has 1 unspecified atom stereocenters. The highest BCUT2D eigenvalue weighted by Crippen LogP contribution is 2.44. The maximum atomic E-state index is 13.1. The number of piperidine rings is 1. The number of hydrogen-bond acceptors (Lipinski definition) is 6. The Balaban J connectivity index is 1.34. The highest BCUT2D eigenvalue weighted by molar-refractivity contribution is 5.85. The summed E-state index contributed by atoms with van der Waals surface area (Å²) in [4.78, 5) is 27.5. The fourth-order valence-corrected chi connectivity index (χ4v) is 4.42. The average Bonchev–Trinajstić information content (AvgIpc) is 3.31. The monoisotopic (exact) mass is 378 g/mol. The van der Waals surface area contributed by atoms with Crippen molar-refractivity contribution in [3.05, 3.63) is 48.0 Å². The lowest BCUT2D eigenvalue weighted by atomic mass is 9.83. The molecule has 4 heterocycles. The SMILES string of the molecule is CC(C(=O)N1CCC2(CC1)OCc1ccccc12)n1cnc2c(N)ncnc21. The minimum absolute atomic E-state index is 0.0533. The van der Waals surface area contributed by atoms with Crippen molar-refractivity contribution in [2.75, 3.05) is 18.8 Å². The molecule has 1 aromatic carbocycles. The molecule has 0 saturated carbocycles. The van der Waals surface area contributed by atoms with Crippen molar-refractivity contribution in [1.82, 2.24) is 24.4 Å². The molecule has 1 amide bonds. The van der Waals surface area contributed by atoms with E-state index in [0.29, 0.717) is 36.7 Å². The quantitative estimate of drug-likeness (QED) is 0.732. The molecule has 28 heavy (non-hydrogen) atoms. The van der Waals surface area contributed by atoms with Crippen molar-refractivity contribution < 1.29 is 9.53 Å². The number of aromatic nitrogens is 4. The minimum atomic E-state index is -0.412. The fraction of sp³-hybridized carbons (Fsp3) is 0.400. The zero-order valence-corrected chi connectivity index (χ0v) is 15.7. The number of likely N-dealkylation sites (tertiary alicyclic amines) is 1. The van der Waals surface area contributed by atoms with Gasteiger partial charge in [0.05, 0.1) is 18.5 Å². The van der Waals surface area contributed by atoms with Crippen molar-refractivity contribution >= 4 is 22.9 Å². The normalized spacial score (nSPS) is 19.1. The Morgan fingerprint density at radius 3 is 2.82 bits per heavy atom. The predicted molar refractivity (Wildman–Crippen MR) is 103 cm³/mol. The fourth-order valence-electron chi connectivity index (χ4n) is 4.42. The second-order valence-corrected chi connectivity index (χ2v) is 7.52. The summed E-state index contributed by atoms with van der Waals surface area (Å²) in [5.41, 5.74) is 9.25. The van der Waals surface area contributed by atoms with Gasteiger partial charge in [-0.15, -0.1) is 0 Å². The molecule has 0 aliphatic carbocycles. The van der Waals surface area contributed by atoms with Crippen LogP contribution < -0.4 is 5.73 Å². The third-order valence-corrected chi connectivity index (χ3v) is 6.06. The van der Waals surface area contributed by atoms with E-state index < -0.39 is 6.04 Å². The number of ether oxygens (including phenoxy) is 1. The van der Waals surface area contributed by atoms with E-state index >= 15 is 0 Å². The lowest BCUT2D eigenvalue weighted by Gasteiger charge is -2.40. The van der Waals surface area contributed by atoms with E-state index in [-0.39, 0.29) is 11.5 Å². The Labute approximate surface area is 162 Å². The topological polar surface area (TPSA) is 99.2 Å². The number of hydrogen-bond donors (Lipinski definition) is 1. The molecule has 1 fully saturated rings. The van der Waals surface area contributed by atoms with Crippen molar-refractivity contribution in [2.24, 2.45) is 0 Å². The van der Waals surface area contributed by atoms with Crippen molar-refractivity contribution in [2.45, 2.75) is 38.0 Å². The number of rotatable bonds is 2. The van der Waals surface area contributed by atoms with Crippen LogP contribution in [-0.4, -0.2) is 43.4 Å². The summed E-state index contributed by atoms with van der Waals surface area (Å²) in [6.07, 6.45) is 4.62. The second kappa shape index (κ2) is 6.27. The molecular formula is C20H22N6O2. The molecule has 1 atom stereocenters. The van der Waals surface area contributed by atoms with E-state index in [1.807, 2.05) is 17.9 Å². The lowest BCUT2D eigenvalue weighted by Crippen LogP contribution is -2.47. The first-order chi connectivity index (χ1) is 13.6. The van der Waals surface area contributed by atoms with Crippen LogP contribution in [0, 0.1) is 0 Å². The Morgan fingerprint density at radius 1 is 1.21 bits per heavy atom. The zero-order valence-electron chi connectivity index (χ0n) is 15.7. The van der Waals surface area contributed by atoms with Crippen LogP contribution in [0.3, 0.4) is 0 Å². The van der Waals surface area contributed by atoms with Crippen molar-refractivity contribution in [1.29, 1.82) is 0 Å². The van der Waals surface area contributed by atoms with Crippen LogP contribution in [0.4, 0.5) is 5.82 Å². The van der Waals surface area contributed by atoms with E-state index in [4.69, 9.17) is 10.5 Å². The summed E-state index contributed by atoms with van der Waals surface area (Å²) in [7, 11) is 0. The van der Waals surface area contributed by atoms with Crippen LogP contribution >= 0.6 is 0 Å². The van der Waals surface area contributed by atoms with Gasteiger partial charge in [-0.25, -0.2) is 15.0 Å². The van der Waals surface area contributed by atoms with Gasteiger partial charge in [0.2, 0.25) is 5.91 Å². The number of nitrogens with zero attached hydrogens (tertiary/aromatic N) is 5. The van der Waals surface area contributed by atoms with Crippen LogP contribution in [0.2, 0.25) is 0 Å². The molecule has 1 saturated heterocycles. The van der Waals surface area contributed by atoms with Crippen molar-refractivity contribution in [3.8, 4) is 0 Å². The van der Waals surface area contributed by atoms with Crippen LogP contribution in [0.1, 0.15) is 36.9 Å². The Kier molecular flexibility index (Phi) is 3.83. The maximum absolute atomic E-state index is 13.1. The summed E-state index contributed by atoms with van der Waals surface area (Å²) in [6.45, 7) is 3.86. The third-order valence-electron chi connectivity index (χ3n) is 6.06. The number of anilines is 1. The van der Waals surface area contributed by atoms with Gasteiger partial charge in [-0.3, -0.25) is 4.79 Å². The number of fused-ring (bicyclic) bond motifs is 3. The molecule has 1 spiro atoms. The molecule has 8 nitrogen and oxygen atoms in total. The molecule has 2 N–H and O–H groups in total. The number of carbonyl (C=O) groups is 1. The summed E-state index contributed by atoms with van der Waals surface area (Å²) >= 11 is 0. The Morgan fingerprint density at radius 2 is 2.00 bits per heavy atom. The van der Waals surface area contributed by atoms with Gasteiger partial charge in [-0.1, -0.05) is 24.3 Å². The van der Waals surface area contributed by atoms with Gasteiger partial charge in [0.25, 0.3) is 0 Å². The largest absolute Gasteiger partial charge is 0.382 e. The van der Waals surface area contributed by atoms with E-state index in [2.05, 4.69) is 33.2 Å². The van der Waals surface area contributed by atoms with Gasteiger partial charge in [-0.2, -0.15) is 0 Å². The van der Waals surface area contributed by atoms with Gasteiger partial charge in [0, 0.05) is 13.1 Å². The number of carbonyl (C=O) groups excluding carboxylic acids is 1. The second-order valence-electron chi connectivity index (χ2n) is 7.52. The first-order valence-electron chi connectivity index (χ1n) is 9.53. The van der Waals surface area contributed by atoms with Crippen molar-refractivity contribution in [3.63, 3.8) is 0 Å². The van der Waals surface area contributed by atoms with E-state index in [9.17, 15) is 4.79 Å². The van der Waals surface area contributed by atoms with E-state index in [0.717, 1.165) is 12.8 Å². The Hall–Kier alpha value is -3.00. The van der Waals surface area contributed by atoms with E-state index in [1.54, 1.807) is 10.9 Å². The third kappa shape index (κ3) is 2.48. The zero-order chi connectivity index (χ0) is 19.3. The molecule has 0 bridgehead atoms. The molecule has 2 aromatic heterocycles. The van der Waals surface area contributed by atoms with Gasteiger partial charge < -0.3 is 19.9 Å². The number of nitrogens with two attached hydrogens (primary N) is 1. The standard InChI is InChI=1S/C20H22N6O2/c1-13(26-12-24-16-17(21)22-11-23-18(16)26)19(27)25-8-6-20(7-9-25)15-5-3-2-4-14(15)10-28-20/h2-5,11-13H,6-10H2,1H3,(H2,21,22,23). The van der Waals surface area contributed by atoms with Crippen LogP contribution in [0.5, 0.6) is 0 Å². The van der Waals surface area contributed by atoms with Gasteiger partial charge >= 0.3 is 0 Å². The highest BCUT2D eigenvalue weighted by atomic mass is 16.5. The predicted octanol–water partition coefficient (Wildman–Crippen LogP) is 2.02. The molecule has 3 aromatic rings. The molecule has 0 radical (unpaired) electrons. The average molecular weight is 378 g/mol. The first kappa shape index (κ1) is 17.1.